The fourth-order valence-electron chi connectivity index (χ4n) is 1.22. The van der Waals surface area contributed by atoms with E-state index in [0.29, 0.717) is 0 Å². The molecule has 1 heterocycles. The number of H-pyrrole nitrogens is 1. The van der Waals surface area contributed by atoms with Crippen LogP contribution >= 0.6 is 24.0 Å². The number of rotatable bonds is 1. The summed E-state index contributed by atoms with van der Waals surface area (Å²) in [4.78, 5) is 7.76. The van der Waals surface area contributed by atoms with Gasteiger partial charge in [-0.1, -0.05) is 20.8 Å². The van der Waals surface area contributed by atoms with Crippen LogP contribution in [0.1, 0.15) is 50.3 Å². The van der Waals surface area contributed by atoms with Crippen LogP contribution in [0.25, 0.3) is 0 Å². The van der Waals surface area contributed by atoms with Gasteiger partial charge in [0.05, 0.1) is 11.1 Å². The van der Waals surface area contributed by atoms with Gasteiger partial charge in [0.1, 0.15) is 5.82 Å². The second-order valence-electron chi connectivity index (χ2n) is 4.46. The third-order valence-corrected chi connectivity index (χ3v) is 2.22. The first-order chi connectivity index (χ1) is 5.82. The van der Waals surface area contributed by atoms with E-state index in [1.807, 2.05) is 13.8 Å². The Morgan fingerprint density at radius 3 is 2.07 bits per heavy atom. The number of aromatic amines is 1. The van der Waals surface area contributed by atoms with Gasteiger partial charge in [-0.15, -0.1) is 24.0 Å². The van der Waals surface area contributed by atoms with Crippen molar-refractivity contribution in [2.75, 3.05) is 0 Å². The van der Waals surface area contributed by atoms with E-state index in [9.17, 15) is 0 Å². The Labute approximate surface area is 96.9 Å². The molecule has 0 spiro atoms. The van der Waals surface area contributed by atoms with E-state index >= 15 is 0 Å². The summed E-state index contributed by atoms with van der Waals surface area (Å²) in [6.45, 7) is 10.4. The lowest BCUT2D eigenvalue weighted by Crippen LogP contribution is -2.13. The molecule has 0 bridgehead atoms. The van der Waals surface area contributed by atoms with E-state index in [4.69, 9.17) is 11.6 Å². The highest BCUT2D eigenvalue weighted by Gasteiger charge is 2.20. The minimum atomic E-state index is -0.0210. The maximum Gasteiger partial charge on any atom is 0.112 e. The molecule has 4 heteroatoms. The van der Waals surface area contributed by atoms with E-state index < -0.39 is 0 Å². The van der Waals surface area contributed by atoms with Gasteiger partial charge in [0.2, 0.25) is 0 Å². The first-order valence-corrected chi connectivity index (χ1v) is 4.97. The molecule has 1 aromatic rings. The summed E-state index contributed by atoms with van der Waals surface area (Å²) in [6.07, 6.45) is 0. The lowest BCUT2D eigenvalue weighted by Gasteiger charge is -2.14. The van der Waals surface area contributed by atoms with Crippen molar-refractivity contribution in [2.24, 2.45) is 0 Å². The lowest BCUT2D eigenvalue weighted by molar-refractivity contribution is 0.550. The minimum Gasteiger partial charge on any atom is -0.345 e. The molecule has 14 heavy (non-hydrogen) atoms. The molecule has 0 aliphatic rings. The lowest BCUT2D eigenvalue weighted by atomic mass is 9.96. The van der Waals surface area contributed by atoms with Crippen LogP contribution in [-0.4, -0.2) is 9.97 Å². The van der Waals surface area contributed by atoms with E-state index in [-0.39, 0.29) is 23.2 Å². The van der Waals surface area contributed by atoms with E-state index in [1.165, 1.54) is 0 Å². The number of hydrogen-bond donors (Lipinski definition) is 1. The normalized spacial score (nSPS) is 13.6. The number of hydrogen-bond acceptors (Lipinski definition) is 1. The van der Waals surface area contributed by atoms with Crippen LogP contribution in [0.2, 0.25) is 0 Å². The van der Waals surface area contributed by atoms with Crippen LogP contribution < -0.4 is 0 Å². The molecule has 0 aromatic carbocycles. The smallest absolute Gasteiger partial charge is 0.112 e. The SMILES string of the molecule is Cc1[nH]c(C(C)(C)C)nc1C(C)Cl.Cl. The average molecular weight is 237 g/mol. The zero-order chi connectivity index (χ0) is 10.2. The number of aryl methyl sites for hydroxylation is 1. The van der Waals surface area contributed by atoms with Crippen molar-refractivity contribution in [1.29, 1.82) is 0 Å². The van der Waals surface area contributed by atoms with Gasteiger partial charge in [-0.3, -0.25) is 0 Å². The van der Waals surface area contributed by atoms with E-state index in [1.54, 1.807) is 0 Å². The molecular weight excluding hydrogens is 219 g/mol. The number of aromatic nitrogens is 2. The molecule has 1 rings (SSSR count). The summed E-state index contributed by atoms with van der Waals surface area (Å²) in [7, 11) is 0. The van der Waals surface area contributed by atoms with Crippen molar-refractivity contribution in [2.45, 2.75) is 45.4 Å². The Kier molecular flexibility index (Phi) is 4.47. The van der Waals surface area contributed by atoms with Crippen LogP contribution in [0.4, 0.5) is 0 Å². The van der Waals surface area contributed by atoms with Gasteiger partial charge in [0.25, 0.3) is 0 Å². The van der Waals surface area contributed by atoms with Gasteiger partial charge >= 0.3 is 0 Å². The van der Waals surface area contributed by atoms with Crippen molar-refractivity contribution in [1.82, 2.24) is 9.97 Å². The maximum absolute atomic E-state index is 5.99. The molecule has 1 aromatic heterocycles. The Morgan fingerprint density at radius 1 is 1.36 bits per heavy atom. The number of halogens is 2. The summed E-state index contributed by atoms with van der Waals surface area (Å²) in [5, 5.41) is -0.0210. The second-order valence-corrected chi connectivity index (χ2v) is 5.12. The van der Waals surface area contributed by atoms with Crippen molar-refractivity contribution in [3.05, 3.63) is 17.2 Å². The third-order valence-electron chi connectivity index (χ3n) is 2.01. The topological polar surface area (TPSA) is 28.7 Å². The molecule has 1 N–H and O–H groups in total. The van der Waals surface area contributed by atoms with Gasteiger partial charge in [-0.25, -0.2) is 4.98 Å². The van der Waals surface area contributed by atoms with E-state index in [2.05, 4.69) is 30.7 Å². The standard InChI is InChI=1S/C10H17ClN2.ClH/c1-6(11)8-7(2)12-9(13-8)10(3,4)5;/h6H,1-5H3,(H,12,13);1H. The van der Waals surface area contributed by atoms with Crippen LogP contribution in [0.5, 0.6) is 0 Å². The quantitative estimate of drug-likeness (QED) is 0.740. The van der Waals surface area contributed by atoms with Gasteiger partial charge in [-0.2, -0.15) is 0 Å². The highest BCUT2D eigenvalue weighted by molar-refractivity contribution is 6.20. The fourth-order valence-corrected chi connectivity index (χ4v) is 1.43. The zero-order valence-electron chi connectivity index (χ0n) is 9.31. The van der Waals surface area contributed by atoms with Crippen LogP contribution in [0.3, 0.4) is 0 Å². The fraction of sp³-hybridized carbons (Fsp3) is 0.700. The maximum atomic E-state index is 5.99. The number of nitrogens with one attached hydrogen (secondary N) is 1. The Bertz CT molecular complexity index is 298. The van der Waals surface area contributed by atoms with Gasteiger partial charge in [-0.05, 0) is 13.8 Å². The number of alkyl halides is 1. The molecule has 2 nitrogen and oxygen atoms in total. The molecule has 0 aliphatic carbocycles. The van der Waals surface area contributed by atoms with Crippen molar-refractivity contribution >= 4 is 24.0 Å². The van der Waals surface area contributed by atoms with Crippen molar-refractivity contribution in [3.8, 4) is 0 Å². The molecule has 0 fully saturated rings. The van der Waals surface area contributed by atoms with Crippen LogP contribution in [0, 0.1) is 6.92 Å². The highest BCUT2D eigenvalue weighted by Crippen LogP contribution is 2.25. The molecule has 82 valence electrons. The summed E-state index contributed by atoms with van der Waals surface area (Å²) in [5.74, 6) is 1.01. The minimum absolute atomic E-state index is 0. The largest absolute Gasteiger partial charge is 0.345 e. The second kappa shape index (κ2) is 4.54. The summed E-state index contributed by atoms with van der Waals surface area (Å²) in [6, 6.07) is 0. The van der Waals surface area contributed by atoms with E-state index in [0.717, 1.165) is 17.2 Å². The Balaban J connectivity index is 0.00000169. The molecule has 0 radical (unpaired) electrons. The van der Waals surface area contributed by atoms with Crippen molar-refractivity contribution < 1.29 is 0 Å². The predicted molar refractivity (Wildman–Crippen MR) is 63.5 cm³/mol. The predicted octanol–water partition coefficient (Wildman–Crippen LogP) is 3.74. The molecule has 1 unspecified atom stereocenters. The molecule has 0 amide bonds. The molecular formula is C10H18Cl2N2. The van der Waals surface area contributed by atoms with Gasteiger partial charge in [0.15, 0.2) is 0 Å². The monoisotopic (exact) mass is 236 g/mol. The molecule has 0 aliphatic heterocycles. The van der Waals surface area contributed by atoms with Crippen LogP contribution in [-0.2, 0) is 5.41 Å². The van der Waals surface area contributed by atoms with Gasteiger partial charge < -0.3 is 4.98 Å². The summed E-state index contributed by atoms with van der Waals surface area (Å²) in [5.41, 5.74) is 2.11. The highest BCUT2D eigenvalue weighted by atomic mass is 35.5. The molecule has 1 atom stereocenters. The average Bonchev–Trinajstić information content (AvgIpc) is 2.29. The number of nitrogens with zero attached hydrogens (tertiary/aromatic N) is 1. The zero-order valence-corrected chi connectivity index (χ0v) is 10.9. The van der Waals surface area contributed by atoms with Crippen LogP contribution in [0.15, 0.2) is 0 Å². The molecule has 0 saturated heterocycles. The Morgan fingerprint density at radius 2 is 1.86 bits per heavy atom. The summed E-state index contributed by atoms with van der Waals surface area (Å²) >= 11 is 5.99. The van der Waals surface area contributed by atoms with Crippen molar-refractivity contribution in [3.63, 3.8) is 0 Å². The first kappa shape index (κ1) is 13.8. The third kappa shape index (κ3) is 2.89. The number of imidazole rings is 1. The Hall–Kier alpha value is -0.210. The molecule has 0 saturated carbocycles. The summed E-state index contributed by atoms with van der Waals surface area (Å²) < 4.78 is 0. The first-order valence-electron chi connectivity index (χ1n) is 4.53. The van der Waals surface area contributed by atoms with Gasteiger partial charge in [0, 0.05) is 11.1 Å².